The molecule has 0 saturated carbocycles. The van der Waals surface area contributed by atoms with Crippen LogP contribution in [0.3, 0.4) is 0 Å². The molecule has 0 aromatic rings. The number of hydrogen-bond acceptors (Lipinski definition) is 2. The van der Waals surface area contributed by atoms with Crippen molar-refractivity contribution in [3.8, 4) is 0 Å². The maximum atomic E-state index is 6.87. The summed E-state index contributed by atoms with van der Waals surface area (Å²) in [4.78, 5) is 0. The Morgan fingerprint density at radius 1 is 1.25 bits per heavy atom. The summed E-state index contributed by atoms with van der Waals surface area (Å²) in [5, 5.41) is 6.87. The molecule has 3 heteroatoms. The Hall–Kier alpha value is -0.990. The van der Waals surface area contributed by atoms with Gasteiger partial charge in [0, 0.05) is 11.3 Å². The van der Waals surface area contributed by atoms with Gasteiger partial charge in [0.15, 0.2) is 0 Å². The van der Waals surface area contributed by atoms with E-state index in [0.29, 0.717) is 11.3 Å². The van der Waals surface area contributed by atoms with E-state index in [9.17, 15) is 0 Å². The molecule has 3 nitrogen and oxygen atoms in total. The topological polar surface area (TPSA) is 75.9 Å². The zero-order valence-corrected chi connectivity index (χ0v) is 5.15. The SMILES string of the molecule is C/C(N)=C(\C)C(=N)N. The highest BCUT2D eigenvalue weighted by atomic mass is 14.7. The fourth-order valence-electron chi connectivity index (χ4n) is 0.212. The Morgan fingerprint density at radius 2 is 1.62 bits per heavy atom. The Morgan fingerprint density at radius 3 is 1.62 bits per heavy atom. The van der Waals surface area contributed by atoms with Crippen molar-refractivity contribution in [3.63, 3.8) is 0 Å². The Kier molecular flexibility index (Phi) is 2.06. The molecule has 0 spiro atoms. The second-order valence-corrected chi connectivity index (χ2v) is 1.72. The molecule has 0 aliphatic carbocycles. The minimum atomic E-state index is 0.0463. The molecule has 0 bridgehead atoms. The lowest BCUT2D eigenvalue weighted by atomic mass is 10.2. The van der Waals surface area contributed by atoms with Crippen LogP contribution in [0.5, 0.6) is 0 Å². The lowest BCUT2D eigenvalue weighted by molar-refractivity contribution is 1.23. The molecule has 46 valence electrons. The van der Waals surface area contributed by atoms with Crippen molar-refractivity contribution in [1.82, 2.24) is 0 Å². The van der Waals surface area contributed by atoms with E-state index in [1.54, 1.807) is 13.8 Å². The van der Waals surface area contributed by atoms with Crippen molar-refractivity contribution < 1.29 is 0 Å². The predicted octanol–water partition coefficient (Wildman–Crippen LogP) is 0.175. The molecule has 0 saturated heterocycles. The molecule has 0 heterocycles. The summed E-state index contributed by atoms with van der Waals surface area (Å²) in [7, 11) is 0. The smallest absolute Gasteiger partial charge is 0.120 e. The van der Waals surface area contributed by atoms with Crippen molar-refractivity contribution in [2.45, 2.75) is 13.8 Å². The summed E-state index contributed by atoms with van der Waals surface area (Å²) >= 11 is 0. The molecular formula is C5H11N3. The van der Waals surface area contributed by atoms with E-state index >= 15 is 0 Å². The van der Waals surface area contributed by atoms with E-state index < -0.39 is 0 Å². The summed E-state index contributed by atoms with van der Waals surface area (Å²) in [6, 6.07) is 0. The van der Waals surface area contributed by atoms with Gasteiger partial charge < -0.3 is 11.5 Å². The zero-order chi connectivity index (χ0) is 6.73. The van der Waals surface area contributed by atoms with Crippen molar-refractivity contribution in [2.75, 3.05) is 0 Å². The molecule has 0 rings (SSSR count). The van der Waals surface area contributed by atoms with Gasteiger partial charge in [0.25, 0.3) is 0 Å². The third-order valence-corrected chi connectivity index (χ3v) is 0.996. The first-order valence-corrected chi connectivity index (χ1v) is 2.33. The van der Waals surface area contributed by atoms with Crippen molar-refractivity contribution in [2.24, 2.45) is 11.5 Å². The number of rotatable bonds is 1. The fraction of sp³-hybridized carbons (Fsp3) is 0.400. The molecule has 0 radical (unpaired) electrons. The quantitative estimate of drug-likeness (QED) is 0.335. The molecule has 0 aliphatic heterocycles. The molecule has 0 fully saturated rings. The van der Waals surface area contributed by atoms with Gasteiger partial charge in [-0.15, -0.1) is 0 Å². The van der Waals surface area contributed by atoms with Crippen molar-refractivity contribution >= 4 is 5.84 Å². The van der Waals surface area contributed by atoms with Gasteiger partial charge in [-0.2, -0.15) is 0 Å². The average Bonchev–Trinajstić information content (AvgIpc) is 1.64. The highest BCUT2D eigenvalue weighted by Gasteiger charge is 1.92. The van der Waals surface area contributed by atoms with Gasteiger partial charge in [-0.3, -0.25) is 5.41 Å². The normalized spacial score (nSPS) is 12.8. The highest BCUT2D eigenvalue weighted by molar-refractivity contribution is 5.94. The summed E-state index contributed by atoms with van der Waals surface area (Å²) in [5.74, 6) is 0.0463. The van der Waals surface area contributed by atoms with Crippen LogP contribution in [0, 0.1) is 5.41 Å². The Balaban J connectivity index is 4.23. The first-order valence-electron chi connectivity index (χ1n) is 2.33. The predicted molar refractivity (Wildman–Crippen MR) is 34.5 cm³/mol. The van der Waals surface area contributed by atoms with Crippen LogP contribution in [-0.4, -0.2) is 5.84 Å². The largest absolute Gasteiger partial charge is 0.402 e. The number of amidine groups is 1. The van der Waals surface area contributed by atoms with Gasteiger partial charge in [-0.1, -0.05) is 0 Å². The third kappa shape index (κ3) is 1.64. The molecule has 0 aromatic carbocycles. The number of nitrogens with one attached hydrogen (secondary N) is 1. The molecule has 8 heavy (non-hydrogen) atoms. The maximum Gasteiger partial charge on any atom is 0.120 e. The standard InChI is InChI=1S/C5H11N3/c1-3(4(2)6)5(7)8/h6H2,1-2H3,(H3,7,8)/b4-3-. The monoisotopic (exact) mass is 113 g/mol. The second kappa shape index (κ2) is 2.35. The summed E-state index contributed by atoms with van der Waals surface area (Å²) in [6.45, 7) is 3.44. The fourth-order valence-corrected chi connectivity index (χ4v) is 0.212. The molecule has 0 aromatic heterocycles. The van der Waals surface area contributed by atoms with Crippen LogP contribution in [0.2, 0.25) is 0 Å². The minimum absolute atomic E-state index is 0.0463. The average molecular weight is 113 g/mol. The van der Waals surface area contributed by atoms with E-state index in [0.717, 1.165) is 0 Å². The summed E-state index contributed by atoms with van der Waals surface area (Å²) < 4.78 is 0. The van der Waals surface area contributed by atoms with Gasteiger partial charge in [-0.25, -0.2) is 0 Å². The molecule has 5 N–H and O–H groups in total. The van der Waals surface area contributed by atoms with E-state index in [1.165, 1.54) is 0 Å². The van der Waals surface area contributed by atoms with Crippen LogP contribution in [0.1, 0.15) is 13.8 Å². The number of hydrogen-bond donors (Lipinski definition) is 3. The van der Waals surface area contributed by atoms with E-state index in [4.69, 9.17) is 16.9 Å². The second-order valence-electron chi connectivity index (χ2n) is 1.72. The molecule has 0 unspecified atom stereocenters. The van der Waals surface area contributed by atoms with Crippen LogP contribution < -0.4 is 11.5 Å². The Labute approximate surface area is 48.9 Å². The van der Waals surface area contributed by atoms with E-state index in [2.05, 4.69) is 0 Å². The van der Waals surface area contributed by atoms with Crippen LogP contribution in [0.4, 0.5) is 0 Å². The molecule has 0 atom stereocenters. The first-order chi connectivity index (χ1) is 3.55. The zero-order valence-electron chi connectivity index (χ0n) is 5.15. The Bertz CT molecular complexity index is 131. The lowest BCUT2D eigenvalue weighted by Gasteiger charge is -1.97. The maximum absolute atomic E-state index is 6.87. The molecule has 0 aliphatic rings. The van der Waals surface area contributed by atoms with Gasteiger partial charge >= 0.3 is 0 Å². The van der Waals surface area contributed by atoms with Crippen LogP contribution in [0.15, 0.2) is 11.3 Å². The lowest BCUT2D eigenvalue weighted by Crippen LogP contribution is -2.14. The van der Waals surface area contributed by atoms with Crippen LogP contribution in [-0.2, 0) is 0 Å². The highest BCUT2D eigenvalue weighted by Crippen LogP contribution is 1.93. The van der Waals surface area contributed by atoms with Crippen molar-refractivity contribution in [3.05, 3.63) is 11.3 Å². The molecule has 0 amide bonds. The first kappa shape index (κ1) is 7.01. The van der Waals surface area contributed by atoms with Gasteiger partial charge in [0.2, 0.25) is 0 Å². The van der Waals surface area contributed by atoms with Crippen LogP contribution >= 0.6 is 0 Å². The van der Waals surface area contributed by atoms with Gasteiger partial charge in [0.1, 0.15) is 5.84 Å². The number of allylic oxidation sites excluding steroid dienone is 1. The number of nitrogens with two attached hydrogens (primary N) is 2. The van der Waals surface area contributed by atoms with Crippen molar-refractivity contribution in [1.29, 1.82) is 5.41 Å². The summed E-state index contributed by atoms with van der Waals surface area (Å²) in [5.41, 5.74) is 11.6. The van der Waals surface area contributed by atoms with Gasteiger partial charge in [0.05, 0.1) is 0 Å². The molecular weight excluding hydrogens is 102 g/mol. The third-order valence-electron chi connectivity index (χ3n) is 0.996. The van der Waals surface area contributed by atoms with Crippen LogP contribution in [0.25, 0.3) is 0 Å². The van der Waals surface area contributed by atoms with E-state index in [1.807, 2.05) is 0 Å². The van der Waals surface area contributed by atoms with Gasteiger partial charge in [-0.05, 0) is 13.8 Å². The summed E-state index contributed by atoms with van der Waals surface area (Å²) in [6.07, 6.45) is 0. The minimum Gasteiger partial charge on any atom is -0.402 e. The van der Waals surface area contributed by atoms with E-state index in [-0.39, 0.29) is 5.84 Å².